The van der Waals surface area contributed by atoms with E-state index < -0.39 is 11.8 Å². The number of rotatable bonds is 3. The van der Waals surface area contributed by atoms with Crippen LogP contribution in [0.5, 0.6) is 0 Å². The molecule has 0 unspecified atom stereocenters. The van der Waals surface area contributed by atoms with Gasteiger partial charge in [-0.3, -0.25) is 4.79 Å². The van der Waals surface area contributed by atoms with Crippen molar-refractivity contribution < 1.29 is 14.3 Å². The van der Waals surface area contributed by atoms with Gasteiger partial charge in [0.05, 0.1) is 11.6 Å². The molecule has 5 heteroatoms. The molecule has 0 N–H and O–H groups in total. The fourth-order valence-electron chi connectivity index (χ4n) is 1.02. The zero-order chi connectivity index (χ0) is 12.3. The summed E-state index contributed by atoms with van der Waals surface area (Å²) in [6, 6.07) is 0. The van der Waals surface area contributed by atoms with Crippen LogP contribution < -0.4 is 0 Å². The van der Waals surface area contributed by atoms with E-state index in [0.29, 0.717) is 0 Å². The van der Waals surface area contributed by atoms with Gasteiger partial charge in [0.15, 0.2) is 0 Å². The van der Waals surface area contributed by atoms with E-state index in [-0.39, 0.29) is 17.7 Å². The summed E-state index contributed by atoms with van der Waals surface area (Å²) in [6.07, 6.45) is 0. The molecule has 0 aromatic carbocycles. The van der Waals surface area contributed by atoms with Crippen molar-refractivity contribution in [3.05, 3.63) is 16.1 Å². The van der Waals surface area contributed by atoms with Gasteiger partial charge in [-0.1, -0.05) is 20.8 Å². The van der Waals surface area contributed by atoms with Gasteiger partial charge < -0.3 is 4.74 Å². The quantitative estimate of drug-likeness (QED) is 0.462. The largest absolute Gasteiger partial charge is 0.460 e. The molecule has 0 saturated carbocycles. The third kappa shape index (κ3) is 2.88. The van der Waals surface area contributed by atoms with Gasteiger partial charge in [0.2, 0.25) is 0 Å². The van der Waals surface area contributed by atoms with Crippen LogP contribution in [0.25, 0.3) is 0 Å². The number of carbonyl (C=O) groups is 2. The van der Waals surface area contributed by atoms with Crippen molar-refractivity contribution >= 4 is 23.1 Å². The van der Waals surface area contributed by atoms with Gasteiger partial charge in [0, 0.05) is 10.8 Å². The zero-order valence-electron chi connectivity index (χ0n) is 9.86. The van der Waals surface area contributed by atoms with E-state index in [4.69, 9.17) is 0 Å². The average molecular weight is 241 g/mol. The highest BCUT2D eigenvalue weighted by Crippen LogP contribution is 2.25. The standard InChI is InChI=1S/C11H15NO3S/c1-5-15-9(14)8(13)7-6-16-10(12-7)11(2,3)4/h6H,5H2,1-4H3. The lowest BCUT2D eigenvalue weighted by Crippen LogP contribution is -2.18. The van der Waals surface area contributed by atoms with Gasteiger partial charge in [0.1, 0.15) is 5.69 Å². The van der Waals surface area contributed by atoms with Crippen molar-refractivity contribution in [3.8, 4) is 0 Å². The molecule has 0 saturated heterocycles. The summed E-state index contributed by atoms with van der Waals surface area (Å²) in [5, 5.41) is 2.43. The van der Waals surface area contributed by atoms with Gasteiger partial charge in [-0.25, -0.2) is 9.78 Å². The molecule has 0 radical (unpaired) electrons. The molecule has 1 aromatic heterocycles. The lowest BCUT2D eigenvalue weighted by atomic mass is 9.98. The van der Waals surface area contributed by atoms with Gasteiger partial charge in [-0.05, 0) is 6.92 Å². The van der Waals surface area contributed by atoms with Crippen molar-refractivity contribution in [2.45, 2.75) is 33.1 Å². The SMILES string of the molecule is CCOC(=O)C(=O)c1csc(C(C)(C)C)n1. The number of ether oxygens (including phenoxy) is 1. The first kappa shape index (κ1) is 12.8. The van der Waals surface area contributed by atoms with Crippen LogP contribution >= 0.6 is 11.3 Å². The molecule has 1 rings (SSSR count). The van der Waals surface area contributed by atoms with E-state index in [1.165, 1.54) is 11.3 Å². The minimum Gasteiger partial charge on any atom is -0.460 e. The van der Waals surface area contributed by atoms with Crippen molar-refractivity contribution in [2.75, 3.05) is 6.61 Å². The topological polar surface area (TPSA) is 56.3 Å². The molecule has 0 aliphatic carbocycles. The molecule has 0 atom stereocenters. The molecule has 0 bridgehead atoms. The number of esters is 1. The average Bonchev–Trinajstić information content (AvgIpc) is 2.65. The molecule has 1 heterocycles. The van der Waals surface area contributed by atoms with Gasteiger partial charge in [-0.15, -0.1) is 11.3 Å². The number of hydrogen-bond acceptors (Lipinski definition) is 5. The Kier molecular flexibility index (Phi) is 3.80. The maximum Gasteiger partial charge on any atom is 0.381 e. The van der Waals surface area contributed by atoms with Crippen molar-refractivity contribution in [3.63, 3.8) is 0 Å². The van der Waals surface area contributed by atoms with Gasteiger partial charge >= 0.3 is 5.97 Å². The monoisotopic (exact) mass is 241 g/mol. The molecule has 0 fully saturated rings. The van der Waals surface area contributed by atoms with Crippen molar-refractivity contribution in [1.29, 1.82) is 0 Å². The third-order valence-corrected chi connectivity index (χ3v) is 3.11. The van der Waals surface area contributed by atoms with Gasteiger partial charge in [-0.2, -0.15) is 0 Å². The molecule has 1 aromatic rings. The molecule has 0 spiro atoms. The van der Waals surface area contributed by atoms with Crippen LogP contribution in [0.2, 0.25) is 0 Å². The summed E-state index contributed by atoms with van der Waals surface area (Å²) in [6.45, 7) is 7.87. The Balaban J connectivity index is 2.86. The van der Waals surface area contributed by atoms with E-state index in [1.54, 1.807) is 12.3 Å². The lowest BCUT2D eigenvalue weighted by molar-refractivity contribution is -0.137. The minimum absolute atomic E-state index is 0.113. The number of carbonyl (C=O) groups excluding carboxylic acids is 2. The second-order valence-corrected chi connectivity index (χ2v) is 5.20. The Morgan fingerprint density at radius 1 is 1.44 bits per heavy atom. The summed E-state index contributed by atoms with van der Waals surface area (Å²) in [5.41, 5.74) is 0.0612. The number of ketones is 1. The summed E-state index contributed by atoms with van der Waals surface area (Å²) < 4.78 is 4.63. The highest BCUT2D eigenvalue weighted by atomic mass is 32.1. The van der Waals surface area contributed by atoms with Crippen LogP contribution in [0.15, 0.2) is 5.38 Å². The first-order valence-corrected chi connectivity index (χ1v) is 5.91. The summed E-state index contributed by atoms with van der Waals surface area (Å²) in [7, 11) is 0. The van der Waals surface area contributed by atoms with Crippen LogP contribution in [0.4, 0.5) is 0 Å². The summed E-state index contributed by atoms with van der Waals surface area (Å²) >= 11 is 1.38. The van der Waals surface area contributed by atoms with Crippen molar-refractivity contribution in [2.24, 2.45) is 0 Å². The number of thiazole rings is 1. The van der Waals surface area contributed by atoms with Crippen LogP contribution in [0.1, 0.15) is 43.2 Å². The fourth-order valence-corrected chi connectivity index (χ4v) is 1.91. The second-order valence-electron chi connectivity index (χ2n) is 4.34. The lowest BCUT2D eigenvalue weighted by Gasteiger charge is -2.13. The molecular formula is C11H15NO3S. The Morgan fingerprint density at radius 3 is 2.50 bits per heavy atom. The Hall–Kier alpha value is -1.23. The molecule has 0 aliphatic heterocycles. The van der Waals surface area contributed by atoms with Crippen LogP contribution in [-0.4, -0.2) is 23.3 Å². The van der Waals surface area contributed by atoms with E-state index in [9.17, 15) is 9.59 Å². The Morgan fingerprint density at radius 2 is 2.06 bits per heavy atom. The molecule has 0 aliphatic rings. The smallest absolute Gasteiger partial charge is 0.381 e. The Labute approximate surface area is 98.6 Å². The second kappa shape index (κ2) is 4.74. The van der Waals surface area contributed by atoms with E-state index >= 15 is 0 Å². The summed E-state index contributed by atoms with van der Waals surface area (Å²) in [5.74, 6) is -1.51. The van der Waals surface area contributed by atoms with Crippen LogP contribution in [0, 0.1) is 0 Å². The Bertz CT molecular complexity index is 404. The maximum atomic E-state index is 11.5. The number of aromatic nitrogens is 1. The molecule has 0 amide bonds. The number of nitrogens with zero attached hydrogens (tertiary/aromatic N) is 1. The first-order valence-electron chi connectivity index (χ1n) is 5.03. The van der Waals surface area contributed by atoms with Crippen molar-refractivity contribution in [1.82, 2.24) is 4.98 Å². The highest BCUT2D eigenvalue weighted by molar-refractivity contribution is 7.10. The van der Waals surface area contributed by atoms with Crippen LogP contribution in [-0.2, 0) is 14.9 Å². The van der Waals surface area contributed by atoms with Crippen LogP contribution in [0.3, 0.4) is 0 Å². The molecule has 88 valence electrons. The number of Topliss-reactive ketones (excluding diaryl/α,β-unsaturated/α-hetero) is 1. The number of hydrogen-bond donors (Lipinski definition) is 0. The molecular weight excluding hydrogens is 226 g/mol. The van der Waals surface area contributed by atoms with E-state index in [1.807, 2.05) is 20.8 Å². The zero-order valence-corrected chi connectivity index (χ0v) is 10.7. The fraction of sp³-hybridized carbons (Fsp3) is 0.545. The van der Waals surface area contributed by atoms with E-state index in [0.717, 1.165) is 5.01 Å². The maximum absolute atomic E-state index is 11.5. The predicted molar refractivity (Wildman–Crippen MR) is 61.8 cm³/mol. The normalized spacial score (nSPS) is 11.2. The molecule has 4 nitrogen and oxygen atoms in total. The van der Waals surface area contributed by atoms with Gasteiger partial charge in [0.25, 0.3) is 5.78 Å². The minimum atomic E-state index is -0.840. The first-order chi connectivity index (χ1) is 7.36. The third-order valence-electron chi connectivity index (χ3n) is 1.84. The summed E-state index contributed by atoms with van der Waals surface area (Å²) in [4.78, 5) is 26.9. The predicted octanol–water partition coefficient (Wildman–Crippen LogP) is 2.19. The highest BCUT2D eigenvalue weighted by Gasteiger charge is 2.24. The van der Waals surface area contributed by atoms with E-state index in [2.05, 4.69) is 9.72 Å². The molecule has 16 heavy (non-hydrogen) atoms.